The van der Waals surface area contributed by atoms with Crippen LogP contribution in [-0.2, 0) is 16.2 Å². The molecule has 5 heterocycles. The third kappa shape index (κ3) is 8.03. The molecular weight excluding hydrogens is 792 g/mol. The molecule has 0 fully saturated rings. The van der Waals surface area contributed by atoms with Crippen molar-refractivity contribution < 1.29 is 4.79 Å². The minimum atomic E-state index is -0.00259. The van der Waals surface area contributed by atoms with Crippen LogP contribution in [0.2, 0.25) is 5.02 Å². The summed E-state index contributed by atoms with van der Waals surface area (Å²) < 4.78 is 0. The number of nitrogens with zero attached hydrogens (tertiary/aromatic N) is 2. The Morgan fingerprint density at radius 3 is 1.05 bits per heavy atom. The van der Waals surface area contributed by atoms with Gasteiger partial charge in [0.15, 0.2) is 0 Å². The first kappa shape index (κ1) is 41.8. The van der Waals surface area contributed by atoms with Gasteiger partial charge in [-0.25, -0.2) is 9.97 Å². The Kier molecular flexibility index (Phi) is 10.4. The molecule has 2 N–H and O–H groups in total. The van der Waals surface area contributed by atoms with E-state index < -0.39 is 0 Å². The topological polar surface area (TPSA) is 74.4 Å². The van der Waals surface area contributed by atoms with Gasteiger partial charge in [0.05, 0.1) is 22.8 Å². The van der Waals surface area contributed by atoms with Gasteiger partial charge in [-0.1, -0.05) is 159 Å². The fourth-order valence-electron chi connectivity index (χ4n) is 8.62. The lowest BCUT2D eigenvalue weighted by molar-refractivity contribution is 0.112. The molecule has 314 valence electrons. The second-order valence-electron chi connectivity index (χ2n) is 19.8. The standard InChI is InChI=1S/C57H53ClN4O/c1-55(2,3)38-17-11-35(12-18-38)51-43-24-26-45(59-43)52(36-13-19-39(20-14-36)56(4,5)6)47-28-30-49(61-47)54(41-23-10-34(33-63)32-42(41)58)50-31-29-48(62-50)53(46-27-25-44(51)60-46)37-15-21-40(22-16-37)57(7,8)9/h10-33,59,62H,1-9H3. The van der Waals surface area contributed by atoms with Gasteiger partial charge in [-0.2, -0.15) is 0 Å². The molecule has 9 rings (SSSR count). The number of carbonyl (C=O) groups is 1. The second-order valence-corrected chi connectivity index (χ2v) is 20.2. The highest BCUT2D eigenvalue weighted by Crippen LogP contribution is 2.41. The van der Waals surface area contributed by atoms with Gasteiger partial charge < -0.3 is 9.97 Å². The van der Waals surface area contributed by atoms with Crippen molar-refractivity contribution >= 4 is 64.3 Å². The first-order valence-electron chi connectivity index (χ1n) is 21.7. The highest BCUT2D eigenvalue weighted by molar-refractivity contribution is 6.34. The zero-order valence-electron chi connectivity index (χ0n) is 37.5. The average molecular weight is 846 g/mol. The van der Waals surface area contributed by atoms with Crippen molar-refractivity contribution in [3.63, 3.8) is 0 Å². The maximum atomic E-state index is 11.9. The average Bonchev–Trinajstić information content (AvgIpc) is 4.09. The van der Waals surface area contributed by atoms with Crippen LogP contribution in [0.4, 0.5) is 0 Å². The molecule has 6 heteroatoms. The summed E-state index contributed by atoms with van der Waals surface area (Å²) in [5, 5.41) is 0.462. The van der Waals surface area contributed by atoms with E-state index in [1.165, 1.54) is 16.7 Å². The van der Waals surface area contributed by atoms with Crippen LogP contribution in [0.25, 0.3) is 90.9 Å². The lowest BCUT2D eigenvalue weighted by Gasteiger charge is -2.19. The number of nitrogens with one attached hydrogen (secondary N) is 2. The minimum absolute atomic E-state index is 0.00259. The number of hydrogen-bond donors (Lipinski definition) is 2. The van der Waals surface area contributed by atoms with Crippen LogP contribution in [0.5, 0.6) is 0 Å². The molecule has 63 heavy (non-hydrogen) atoms. The molecule has 0 unspecified atom stereocenters. The van der Waals surface area contributed by atoms with E-state index in [9.17, 15) is 4.79 Å². The molecule has 4 aromatic carbocycles. The quantitative estimate of drug-likeness (QED) is 0.169. The van der Waals surface area contributed by atoms with Crippen LogP contribution in [0, 0.1) is 0 Å². The van der Waals surface area contributed by atoms with Crippen molar-refractivity contribution in [1.82, 2.24) is 19.9 Å². The zero-order valence-corrected chi connectivity index (χ0v) is 38.3. The molecule has 5 nitrogen and oxygen atoms in total. The molecule has 0 radical (unpaired) electrons. The maximum Gasteiger partial charge on any atom is 0.150 e. The number of halogens is 1. The minimum Gasteiger partial charge on any atom is -0.354 e. The van der Waals surface area contributed by atoms with Gasteiger partial charge >= 0.3 is 0 Å². The second kappa shape index (κ2) is 15.7. The van der Waals surface area contributed by atoms with E-state index in [0.29, 0.717) is 10.6 Å². The van der Waals surface area contributed by atoms with Crippen molar-refractivity contribution in [1.29, 1.82) is 0 Å². The van der Waals surface area contributed by atoms with Crippen LogP contribution in [-0.4, -0.2) is 26.2 Å². The molecule has 0 spiro atoms. The Hall–Kier alpha value is -6.56. The smallest absolute Gasteiger partial charge is 0.150 e. The molecular formula is C57H53ClN4O. The largest absolute Gasteiger partial charge is 0.354 e. The third-order valence-corrected chi connectivity index (χ3v) is 12.6. The molecule has 2 aliphatic heterocycles. The lowest BCUT2D eigenvalue weighted by atomic mass is 9.86. The number of aromatic amines is 2. The van der Waals surface area contributed by atoms with Crippen LogP contribution in [0.15, 0.2) is 115 Å². The van der Waals surface area contributed by atoms with Gasteiger partial charge in [0.25, 0.3) is 0 Å². The Morgan fingerprint density at radius 1 is 0.429 bits per heavy atom. The molecule has 7 aromatic rings. The highest BCUT2D eigenvalue weighted by Gasteiger charge is 2.22. The molecule has 3 aromatic heterocycles. The first-order valence-corrected chi connectivity index (χ1v) is 22.1. The van der Waals surface area contributed by atoms with Gasteiger partial charge in [0.1, 0.15) is 6.29 Å². The number of benzene rings is 4. The summed E-state index contributed by atoms with van der Waals surface area (Å²) in [7, 11) is 0. The fourth-order valence-corrected chi connectivity index (χ4v) is 8.90. The molecule has 2 aliphatic rings. The Bertz CT molecular complexity index is 3100. The van der Waals surface area contributed by atoms with Crippen molar-refractivity contribution in [2.24, 2.45) is 0 Å². The van der Waals surface area contributed by atoms with Gasteiger partial charge in [0, 0.05) is 60.5 Å². The van der Waals surface area contributed by atoms with E-state index in [1.54, 1.807) is 12.1 Å². The predicted molar refractivity (Wildman–Crippen MR) is 267 cm³/mol. The highest BCUT2D eigenvalue weighted by atomic mass is 35.5. The summed E-state index contributed by atoms with van der Waals surface area (Å²) in [6.07, 6.45) is 9.25. The number of aldehydes is 1. The van der Waals surface area contributed by atoms with Crippen molar-refractivity contribution in [3.8, 4) is 44.5 Å². The van der Waals surface area contributed by atoms with Crippen molar-refractivity contribution in [3.05, 3.63) is 165 Å². The molecule has 0 saturated heterocycles. The number of fused-ring (bicyclic) bond motifs is 8. The van der Waals surface area contributed by atoms with Gasteiger partial charge in [-0.05, 0) is 104 Å². The van der Waals surface area contributed by atoms with Gasteiger partial charge in [-0.3, -0.25) is 4.79 Å². The molecule has 0 saturated carbocycles. The monoisotopic (exact) mass is 844 g/mol. The number of aromatic nitrogens is 4. The molecule has 0 atom stereocenters. The molecule has 0 amide bonds. The number of carbonyl (C=O) groups excluding carboxylic acids is 1. The fraction of sp³-hybridized carbons (Fsp3) is 0.211. The van der Waals surface area contributed by atoms with Crippen LogP contribution >= 0.6 is 11.6 Å². The summed E-state index contributed by atoms with van der Waals surface area (Å²) in [5.74, 6) is 0. The van der Waals surface area contributed by atoms with E-state index in [0.717, 1.165) is 95.6 Å². The van der Waals surface area contributed by atoms with E-state index >= 15 is 0 Å². The number of H-pyrrole nitrogens is 2. The molecule has 8 bridgehead atoms. The summed E-state index contributed by atoms with van der Waals surface area (Å²) in [4.78, 5) is 30.5. The first-order chi connectivity index (χ1) is 30.0. The van der Waals surface area contributed by atoms with Gasteiger partial charge in [-0.15, -0.1) is 0 Å². The lowest BCUT2D eigenvalue weighted by Crippen LogP contribution is -2.10. The summed E-state index contributed by atoms with van der Waals surface area (Å²) in [5.41, 5.74) is 18.9. The van der Waals surface area contributed by atoms with Gasteiger partial charge in [0.2, 0.25) is 0 Å². The summed E-state index contributed by atoms with van der Waals surface area (Å²) in [6, 6.07) is 40.6. The van der Waals surface area contributed by atoms with E-state index in [1.807, 2.05) is 6.07 Å². The van der Waals surface area contributed by atoms with E-state index in [4.69, 9.17) is 21.6 Å². The Morgan fingerprint density at radius 2 is 0.746 bits per heavy atom. The normalized spacial score (nSPS) is 12.9. The van der Waals surface area contributed by atoms with Crippen LogP contribution < -0.4 is 0 Å². The zero-order chi connectivity index (χ0) is 44.4. The van der Waals surface area contributed by atoms with Crippen molar-refractivity contribution in [2.75, 3.05) is 0 Å². The van der Waals surface area contributed by atoms with Crippen LogP contribution in [0.3, 0.4) is 0 Å². The van der Waals surface area contributed by atoms with E-state index in [-0.39, 0.29) is 16.2 Å². The Labute approximate surface area is 375 Å². The predicted octanol–water partition coefficient (Wildman–Crippen LogP) is 15.7. The van der Waals surface area contributed by atoms with Crippen molar-refractivity contribution in [2.45, 2.75) is 78.6 Å². The summed E-state index contributed by atoms with van der Waals surface area (Å²) >= 11 is 7.07. The summed E-state index contributed by atoms with van der Waals surface area (Å²) in [6.45, 7) is 20.1. The number of hydrogen-bond acceptors (Lipinski definition) is 3. The SMILES string of the molecule is CC(C)(C)c1ccc(-c2c3nc(c(-c4ccc(C(C)(C)C)cc4)c4ccc([nH]4)c(-c4ccc(C=O)cc4Cl)c4nc(c(-c5ccc(C(C)(C)C)cc5)c5ccc2[nH]5)C=C4)C=C3)cc1. The Balaban J connectivity index is 1.43. The number of rotatable bonds is 5. The molecule has 0 aliphatic carbocycles. The maximum absolute atomic E-state index is 11.9. The van der Waals surface area contributed by atoms with Crippen LogP contribution in [0.1, 0.15) is 112 Å². The van der Waals surface area contributed by atoms with E-state index in [2.05, 4.69) is 194 Å². The third-order valence-electron chi connectivity index (χ3n) is 12.3.